The Kier molecular flexibility index (Phi) is 16.3. The van der Waals surface area contributed by atoms with Crippen LogP contribution in [-0.4, -0.2) is 34.1 Å². The zero-order valence-corrected chi connectivity index (χ0v) is 27.5. The van der Waals surface area contributed by atoms with Gasteiger partial charge in [-0.3, -0.25) is 9.44 Å². The highest BCUT2D eigenvalue weighted by Gasteiger charge is 2.22. The summed E-state index contributed by atoms with van der Waals surface area (Å²) in [7, 11) is -2.55. The third kappa shape index (κ3) is 12.3. The summed E-state index contributed by atoms with van der Waals surface area (Å²) in [5.41, 5.74) is 2.51. The first-order valence-corrected chi connectivity index (χ1v) is 15.7. The molecule has 0 fully saturated rings. The van der Waals surface area contributed by atoms with Crippen molar-refractivity contribution in [3.63, 3.8) is 0 Å². The summed E-state index contributed by atoms with van der Waals surface area (Å²) >= 11 is 0. The minimum atomic E-state index is -4.07. The largest absolute Gasteiger partial charge is 0.493 e. The van der Waals surface area contributed by atoms with Gasteiger partial charge in [0, 0.05) is 0 Å². The van der Waals surface area contributed by atoms with Gasteiger partial charge in [0.25, 0.3) is 5.90 Å². The van der Waals surface area contributed by atoms with E-state index in [1.165, 1.54) is 7.11 Å². The van der Waals surface area contributed by atoms with Crippen molar-refractivity contribution in [2.24, 2.45) is 4.99 Å². The highest BCUT2D eigenvalue weighted by Crippen LogP contribution is 2.29. The number of hydrogen-bond acceptors (Lipinski definition) is 6. The summed E-state index contributed by atoms with van der Waals surface area (Å²) in [4.78, 5) is 4.77. The lowest BCUT2D eigenvalue weighted by Crippen LogP contribution is -2.32. The number of allylic oxidation sites excluding steroid dienone is 4. The summed E-state index contributed by atoms with van der Waals surface area (Å²) in [5, 5.41) is 0. The lowest BCUT2D eigenvalue weighted by atomic mass is 10.0. The molecule has 43 heavy (non-hydrogen) atoms. The summed E-state index contributed by atoms with van der Waals surface area (Å²) in [5.74, 6) is 1.25. The number of nitrogens with one attached hydrogen (secondary N) is 2. The molecule has 0 aromatic heterocycles. The second-order valence-corrected chi connectivity index (χ2v) is 10.7. The van der Waals surface area contributed by atoms with E-state index in [4.69, 9.17) is 19.2 Å². The fraction of sp³-hybridized carbons (Fsp3) is 0.324. The molecule has 0 heterocycles. The lowest BCUT2D eigenvalue weighted by Gasteiger charge is -2.20. The SMILES string of the molecule is C=C/C=C(\C=C/C)C(C)N=C(OCC=C)/C(Oc1ccccc1OC)=C(\C)NS(=O)(=O)Nc1ccc(C(C)C)cc1.CC. The number of ether oxygens (including phenoxy) is 3. The van der Waals surface area contributed by atoms with Crippen LogP contribution in [0.3, 0.4) is 0 Å². The average molecular weight is 610 g/mol. The van der Waals surface area contributed by atoms with E-state index in [0.29, 0.717) is 23.1 Å². The number of nitrogens with zero attached hydrogens (tertiary/aromatic N) is 1. The van der Waals surface area contributed by atoms with E-state index in [1.54, 1.807) is 55.5 Å². The summed E-state index contributed by atoms with van der Waals surface area (Å²) in [6.07, 6.45) is 8.89. The molecular formula is C34H47N3O5S. The van der Waals surface area contributed by atoms with E-state index in [-0.39, 0.29) is 30.0 Å². The molecule has 1 atom stereocenters. The van der Waals surface area contributed by atoms with Gasteiger partial charge < -0.3 is 14.2 Å². The fourth-order valence-electron chi connectivity index (χ4n) is 3.67. The molecule has 0 amide bonds. The van der Waals surface area contributed by atoms with Crippen molar-refractivity contribution < 1.29 is 22.6 Å². The van der Waals surface area contributed by atoms with E-state index in [1.807, 2.05) is 58.1 Å². The molecule has 234 valence electrons. The monoisotopic (exact) mass is 609 g/mol. The molecule has 2 aromatic rings. The van der Waals surface area contributed by atoms with Crippen molar-refractivity contribution in [1.29, 1.82) is 0 Å². The molecule has 0 aliphatic rings. The van der Waals surface area contributed by atoms with Crippen LogP contribution in [0.5, 0.6) is 11.5 Å². The van der Waals surface area contributed by atoms with E-state index >= 15 is 0 Å². The number of para-hydroxylation sites is 2. The summed E-state index contributed by atoms with van der Waals surface area (Å²) < 4.78 is 49.1. The summed E-state index contributed by atoms with van der Waals surface area (Å²) in [6.45, 7) is 21.1. The molecule has 0 aliphatic heterocycles. The third-order valence-electron chi connectivity index (χ3n) is 5.73. The first kappa shape index (κ1) is 36.8. The Balaban J connectivity index is 0.00000452. The summed E-state index contributed by atoms with van der Waals surface area (Å²) in [6, 6.07) is 13.8. The van der Waals surface area contributed by atoms with E-state index < -0.39 is 10.2 Å². The van der Waals surface area contributed by atoms with Gasteiger partial charge in [-0.05, 0) is 62.1 Å². The Morgan fingerprint density at radius 2 is 1.65 bits per heavy atom. The average Bonchev–Trinajstić information content (AvgIpc) is 2.98. The molecule has 0 radical (unpaired) electrons. The zero-order chi connectivity index (χ0) is 32.4. The van der Waals surface area contributed by atoms with E-state index in [2.05, 4.69) is 36.4 Å². The first-order valence-electron chi connectivity index (χ1n) is 14.2. The van der Waals surface area contributed by atoms with Gasteiger partial charge in [0.2, 0.25) is 5.76 Å². The molecular weight excluding hydrogens is 562 g/mol. The Bertz CT molecular complexity index is 1410. The first-order chi connectivity index (χ1) is 20.5. The van der Waals surface area contributed by atoms with Crippen molar-refractivity contribution in [2.75, 3.05) is 18.4 Å². The van der Waals surface area contributed by atoms with Crippen molar-refractivity contribution in [1.82, 2.24) is 4.72 Å². The van der Waals surface area contributed by atoms with Crippen LogP contribution in [0.15, 0.2) is 114 Å². The molecule has 0 bridgehead atoms. The maximum atomic E-state index is 13.2. The Hall–Kier alpha value is -4.24. The number of anilines is 1. The number of rotatable bonds is 15. The molecule has 1 unspecified atom stereocenters. The smallest absolute Gasteiger partial charge is 0.321 e. The van der Waals surface area contributed by atoms with Crippen LogP contribution in [0, 0.1) is 0 Å². The normalized spacial score (nSPS) is 13.3. The van der Waals surface area contributed by atoms with Gasteiger partial charge in [-0.15, -0.1) is 0 Å². The van der Waals surface area contributed by atoms with Gasteiger partial charge in [0.1, 0.15) is 6.61 Å². The molecule has 8 nitrogen and oxygen atoms in total. The predicted molar refractivity (Wildman–Crippen MR) is 180 cm³/mol. The lowest BCUT2D eigenvalue weighted by molar-refractivity contribution is 0.312. The topological polar surface area (TPSA) is 98.2 Å². The Morgan fingerprint density at radius 3 is 2.19 bits per heavy atom. The van der Waals surface area contributed by atoms with Crippen molar-refractivity contribution in [3.8, 4) is 11.5 Å². The Labute approximate surface area is 258 Å². The van der Waals surface area contributed by atoms with Crippen LogP contribution in [0.25, 0.3) is 0 Å². The highest BCUT2D eigenvalue weighted by molar-refractivity contribution is 7.90. The predicted octanol–water partition coefficient (Wildman–Crippen LogP) is 8.08. The van der Waals surface area contributed by atoms with Crippen LogP contribution < -0.4 is 18.9 Å². The van der Waals surface area contributed by atoms with Crippen LogP contribution in [0.2, 0.25) is 0 Å². The van der Waals surface area contributed by atoms with Crippen LogP contribution in [0.1, 0.15) is 59.9 Å². The van der Waals surface area contributed by atoms with Gasteiger partial charge in [0.15, 0.2) is 11.5 Å². The van der Waals surface area contributed by atoms with Gasteiger partial charge in [0.05, 0.1) is 24.5 Å². The molecule has 0 saturated heterocycles. The maximum Gasteiger partial charge on any atom is 0.321 e. The molecule has 0 saturated carbocycles. The van der Waals surface area contributed by atoms with E-state index in [0.717, 1.165) is 11.1 Å². The number of hydrogen-bond donors (Lipinski definition) is 2. The minimum absolute atomic E-state index is 0.0576. The fourth-order valence-corrected chi connectivity index (χ4v) is 4.66. The Morgan fingerprint density at radius 1 is 1.02 bits per heavy atom. The van der Waals surface area contributed by atoms with Crippen LogP contribution in [0.4, 0.5) is 5.69 Å². The van der Waals surface area contributed by atoms with Crippen LogP contribution >= 0.6 is 0 Å². The molecule has 9 heteroatoms. The molecule has 2 rings (SSSR count). The van der Waals surface area contributed by atoms with Gasteiger partial charge >= 0.3 is 10.2 Å². The van der Waals surface area contributed by atoms with Crippen molar-refractivity contribution in [3.05, 3.63) is 115 Å². The van der Waals surface area contributed by atoms with Crippen molar-refractivity contribution in [2.45, 2.75) is 60.4 Å². The molecule has 0 spiro atoms. The van der Waals surface area contributed by atoms with Gasteiger partial charge in [-0.25, -0.2) is 4.99 Å². The number of aliphatic imine (C=N–C) groups is 1. The molecule has 2 aromatic carbocycles. The van der Waals surface area contributed by atoms with Gasteiger partial charge in [-0.2, -0.15) is 8.42 Å². The maximum absolute atomic E-state index is 13.2. The standard InChI is InChI=1S/C32H41N3O5S.C2H6/c1-9-14-27(15-10-2)24(6)33-32(39-22-11-3)31(40-30-17-13-12-16-29(30)38-8)25(7)34-41(36,37)35-28-20-18-26(19-21-28)23(4)5;1-2/h9-21,23-24,34-35H,1,3,22H2,2,4-8H3;1-2H3/b15-10-,27-14+,31-25-,33-32?;. The molecule has 2 N–H and O–H groups in total. The quantitative estimate of drug-likeness (QED) is 0.0699. The molecule has 0 aliphatic carbocycles. The van der Waals surface area contributed by atoms with Gasteiger partial charge in [-0.1, -0.05) is 95.5 Å². The second-order valence-electron chi connectivity index (χ2n) is 9.30. The van der Waals surface area contributed by atoms with Crippen LogP contribution in [-0.2, 0) is 14.9 Å². The number of methoxy groups -OCH3 is 1. The second kappa shape index (κ2) is 19.0. The third-order valence-corrected chi connectivity index (χ3v) is 6.81. The zero-order valence-electron chi connectivity index (χ0n) is 26.7. The van der Waals surface area contributed by atoms with E-state index in [9.17, 15) is 8.42 Å². The number of benzene rings is 2. The van der Waals surface area contributed by atoms with Crippen molar-refractivity contribution >= 4 is 21.8 Å². The minimum Gasteiger partial charge on any atom is -0.493 e. The highest BCUT2D eigenvalue weighted by atomic mass is 32.2.